The second-order valence-corrected chi connectivity index (χ2v) is 6.74. The number of carbonyl (C=O) groups excluding carboxylic acids is 2. The highest BCUT2D eigenvalue weighted by Gasteiger charge is 2.14. The minimum Gasteiger partial charge on any atom is -0.493 e. The van der Waals surface area contributed by atoms with Gasteiger partial charge in [-0.2, -0.15) is 5.26 Å². The van der Waals surface area contributed by atoms with Crippen LogP contribution in [0.4, 0.5) is 5.69 Å². The van der Waals surface area contributed by atoms with Gasteiger partial charge < -0.3 is 14.8 Å². The van der Waals surface area contributed by atoms with Gasteiger partial charge in [0.2, 0.25) is 0 Å². The summed E-state index contributed by atoms with van der Waals surface area (Å²) in [4.78, 5) is 24.7. The smallest absolute Gasteiger partial charge is 0.343 e. The minimum atomic E-state index is -0.580. The Morgan fingerprint density at radius 1 is 1.00 bits per heavy atom. The van der Waals surface area contributed by atoms with Gasteiger partial charge in [0.1, 0.15) is 11.6 Å². The number of ether oxygens (including phenoxy) is 2. The van der Waals surface area contributed by atoms with E-state index in [1.165, 1.54) is 19.3 Å². The van der Waals surface area contributed by atoms with Gasteiger partial charge in [0.25, 0.3) is 5.91 Å². The standard InChI is InChI=1S/C24H17ClN2O4/c1-30-22-13-16(10-11-21(22)31-24(29)17-6-3-2-4-7-17)12-18(15-26)23(28)27-20-9-5-8-19(25)14-20/h2-14H,1H3,(H,27,28)/b18-12+. The van der Waals surface area contributed by atoms with Crippen molar-refractivity contribution in [3.8, 4) is 17.6 Å². The number of halogens is 1. The van der Waals surface area contributed by atoms with Crippen LogP contribution < -0.4 is 14.8 Å². The molecule has 0 fully saturated rings. The average Bonchev–Trinajstić information content (AvgIpc) is 2.78. The van der Waals surface area contributed by atoms with Gasteiger partial charge in [-0.1, -0.05) is 41.9 Å². The zero-order valence-electron chi connectivity index (χ0n) is 16.5. The molecule has 3 aromatic carbocycles. The number of amides is 1. The molecule has 0 aliphatic rings. The summed E-state index contributed by atoms with van der Waals surface area (Å²) in [5, 5.41) is 12.5. The van der Waals surface area contributed by atoms with E-state index in [2.05, 4.69) is 5.32 Å². The normalized spacial score (nSPS) is 10.7. The van der Waals surface area contributed by atoms with Crippen molar-refractivity contribution in [2.75, 3.05) is 12.4 Å². The van der Waals surface area contributed by atoms with E-state index < -0.39 is 11.9 Å². The first kappa shape index (κ1) is 21.6. The largest absolute Gasteiger partial charge is 0.493 e. The van der Waals surface area contributed by atoms with Crippen LogP contribution in [-0.4, -0.2) is 19.0 Å². The van der Waals surface area contributed by atoms with Crippen molar-refractivity contribution in [1.29, 1.82) is 5.26 Å². The first-order valence-electron chi connectivity index (χ1n) is 9.14. The van der Waals surface area contributed by atoms with Gasteiger partial charge in [-0.25, -0.2) is 4.79 Å². The lowest BCUT2D eigenvalue weighted by Gasteiger charge is -2.10. The molecule has 1 amide bonds. The third-order valence-corrected chi connectivity index (χ3v) is 4.39. The molecule has 0 aliphatic carbocycles. The number of nitrogens with one attached hydrogen (secondary N) is 1. The van der Waals surface area contributed by atoms with Gasteiger partial charge >= 0.3 is 5.97 Å². The first-order chi connectivity index (χ1) is 15.0. The molecule has 154 valence electrons. The van der Waals surface area contributed by atoms with Crippen molar-refractivity contribution < 1.29 is 19.1 Å². The molecule has 31 heavy (non-hydrogen) atoms. The summed E-state index contributed by atoms with van der Waals surface area (Å²) in [6.45, 7) is 0. The van der Waals surface area contributed by atoms with Gasteiger partial charge in [-0.05, 0) is 54.1 Å². The Hall–Kier alpha value is -4.08. The molecule has 0 atom stereocenters. The van der Waals surface area contributed by atoms with Crippen molar-refractivity contribution >= 4 is 35.2 Å². The van der Waals surface area contributed by atoms with E-state index in [0.717, 1.165) is 0 Å². The molecule has 6 nitrogen and oxygen atoms in total. The summed E-state index contributed by atoms with van der Waals surface area (Å²) >= 11 is 5.91. The molecule has 1 N–H and O–H groups in total. The Morgan fingerprint density at radius 2 is 1.77 bits per heavy atom. The lowest BCUT2D eigenvalue weighted by Crippen LogP contribution is -2.13. The zero-order chi connectivity index (χ0) is 22.2. The van der Waals surface area contributed by atoms with Crippen LogP contribution in [-0.2, 0) is 4.79 Å². The highest BCUT2D eigenvalue weighted by Crippen LogP contribution is 2.30. The summed E-state index contributed by atoms with van der Waals surface area (Å²) in [6.07, 6.45) is 1.41. The summed E-state index contributed by atoms with van der Waals surface area (Å²) < 4.78 is 10.7. The molecular weight excluding hydrogens is 416 g/mol. The lowest BCUT2D eigenvalue weighted by atomic mass is 10.1. The molecular formula is C24H17ClN2O4. The summed E-state index contributed by atoms with van der Waals surface area (Å²) in [5.41, 5.74) is 1.28. The van der Waals surface area contributed by atoms with Crippen LogP contribution in [0.15, 0.2) is 78.4 Å². The highest BCUT2D eigenvalue weighted by molar-refractivity contribution is 6.31. The topological polar surface area (TPSA) is 88.4 Å². The van der Waals surface area contributed by atoms with Crippen molar-refractivity contribution in [2.45, 2.75) is 0 Å². The van der Waals surface area contributed by atoms with Gasteiger partial charge in [0.05, 0.1) is 12.7 Å². The Labute approximate surface area is 184 Å². The fraction of sp³-hybridized carbons (Fsp3) is 0.0417. The third-order valence-electron chi connectivity index (χ3n) is 4.16. The monoisotopic (exact) mass is 432 g/mol. The van der Waals surface area contributed by atoms with E-state index in [9.17, 15) is 14.9 Å². The van der Waals surface area contributed by atoms with Gasteiger partial charge in [-0.3, -0.25) is 4.79 Å². The Kier molecular flexibility index (Phi) is 7.05. The molecule has 0 aromatic heterocycles. The third kappa shape index (κ3) is 5.72. The number of nitrogens with zero attached hydrogens (tertiary/aromatic N) is 1. The van der Waals surface area contributed by atoms with E-state index in [1.807, 2.05) is 6.07 Å². The van der Waals surface area contributed by atoms with Gasteiger partial charge in [0, 0.05) is 10.7 Å². The van der Waals surface area contributed by atoms with Crippen molar-refractivity contribution in [3.05, 3.63) is 94.5 Å². The SMILES string of the molecule is COc1cc(/C=C(\C#N)C(=O)Nc2cccc(Cl)c2)ccc1OC(=O)c1ccccc1. The predicted molar refractivity (Wildman–Crippen MR) is 118 cm³/mol. The number of esters is 1. The number of benzene rings is 3. The maximum Gasteiger partial charge on any atom is 0.343 e. The van der Waals surface area contributed by atoms with Crippen LogP contribution in [0.2, 0.25) is 5.02 Å². The second-order valence-electron chi connectivity index (χ2n) is 6.30. The zero-order valence-corrected chi connectivity index (χ0v) is 17.2. The van der Waals surface area contributed by atoms with Gasteiger partial charge in [0.15, 0.2) is 11.5 Å². The number of anilines is 1. The molecule has 0 saturated carbocycles. The molecule has 0 bridgehead atoms. The maximum absolute atomic E-state index is 12.4. The molecule has 0 aliphatic heterocycles. The van der Waals surface area contributed by atoms with Crippen molar-refractivity contribution in [2.24, 2.45) is 0 Å². The van der Waals surface area contributed by atoms with Crippen LogP contribution in [0, 0.1) is 11.3 Å². The number of carbonyl (C=O) groups is 2. The highest BCUT2D eigenvalue weighted by atomic mass is 35.5. The maximum atomic E-state index is 12.4. The van der Waals surface area contributed by atoms with E-state index in [4.69, 9.17) is 21.1 Å². The summed E-state index contributed by atoms with van der Waals surface area (Å²) in [7, 11) is 1.43. The molecule has 3 aromatic rings. The number of methoxy groups -OCH3 is 1. The van der Waals surface area contributed by atoms with Crippen molar-refractivity contribution in [3.63, 3.8) is 0 Å². The van der Waals surface area contributed by atoms with E-state index in [0.29, 0.717) is 21.8 Å². The Morgan fingerprint density at radius 3 is 2.45 bits per heavy atom. The van der Waals surface area contributed by atoms with Gasteiger partial charge in [-0.15, -0.1) is 0 Å². The summed E-state index contributed by atoms with van der Waals surface area (Å²) in [5.74, 6) is -0.606. The summed E-state index contributed by atoms with van der Waals surface area (Å²) in [6, 6.07) is 21.8. The molecule has 0 radical (unpaired) electrons. The van der Waals surface area contributed by atoms with Crippen LogP contribution in [0.3, 0.4) is 0 Å². The molecule has 0 spiro atoms. The fourth-order valence-corrected chi connectivity index (χ4v) is 2.86. The quantitative estimate of drug-likeness (QED) is 0.253. The molecule has 0 heterocycles. The minimum absolute atomic E-state index is 0.115. The number of hydrogen-bond acceptors (Lipinski definition) is 5. The fourth-order valence-electron chi connectivity index (χ4n) is 2.67. The number of hydrogen-bond donors (Lipinski definition) is 1. The average molecular weight is 433 g/mol. The molecule has 0 saturated heterocycles. The molecule has 0 unspecified atom stereocenters. The van der Waals surface area contributed by atoms with E-state index in [-0.39, 0.29) is 17.1 Å². The second kappa shape index (κ2) is 10.1. The van der Waals surface area contributed by atoms with Crippen LogP contribution in [0.1, 0.15) is 15.9 Å². The number of nitriles is 1. The molecule has 7 heteroatoms. The van der Waals surface area contributed by atoms with Crippen LogP contribution in [0.25, 0.3) is 6.08 Å². The predicted octanol–water partition coefficient (Wildman–Crippen LogP) is 5.11. The van der Waals surface area contributed by atoms with Crippen LogP contribution in [0.5, 0.6) is 11.5 Å². The Bertz CT molecular complexity index is 1180. The lowest BCUT2D eigenvalue weighted by molar-refractivity contribution is -0.112. The van der Waals surface area contributed by atoms with Crippen LogP contribution >= 0.6 is 11.6 Å². The van der Waals surface area contributed by atoms with E-state index in [1.54, 1.807) is 66.7 Å². The first-order valence-corrected chi connectivity index (χ1v) is 9.52. The van der Waals surface area contributed by atoms with Crippen molar-refractivity contribution in [1.82, 2.24) is 0 Å². The molecule has 3 rings (SSSR count). The Balaban J connectivity index is 1.80. The number of rotatable bonds is 6. The van der Waals surface area contributed by atoms with E-state index >= 15 is 0 Å².